The quantitative estimate of drug-likeness (QED) is 0.781. The van der Waals surface area contributed by atoms with E-state index >= 15 is 0 Å². The number of amidine groups is 1. The van der Waals surface area contributed by atoms with Crippen LogP contribution < -0.4 is 10.6 Å². The zero-order chi connectivity index (χ0) is 14.1. The third-order valence-electron chi connectivity index (χ3n) is 3.56. The Morgan fingerprint density at radius 3 is 2.80 bits per heavy atom. The highest BCUT2D eigenvalue weighted by atomic mass is 19.1. The van der Waals surface area contributed by atoms with Crippen LogP contribution in [0.2, 0.25) is 0 Å². The van der Waals surface area contributed by atoms with Crippen molar-refractivity contribution in [2.45, 2.75) is 24.8 Å². The number of amides is 2. The molecule has 2 heterocycles. The SMILES string of the molecule is O=C1N=C(C2CCCN2)NC(=O)C1c1cccc(F)c1. The Morgan fingerprint density at radius 1 is 1.30 bits per heavy atom. The number of carbonyl (C=O) groups is 2. The largest absolute Gasteiger partial charge is 0.312 e. The number of rotatable bonds is 2. The minimum absolute atomic E-state index is 0.0728. The Bertz CT molecular complexity index is 594. The van der Waals surface area contributed by atoms with Gasteiger partial charge < -0.3 is 10.6 Å². The summed E-state index contributed by atoms with van der Waals surface area (Å²) in [4.78, 5) is 28.2. The number of hydrogen-bond acceptors (Lipinski definition) is 3. The molecule has 0 aromatic heterocycles. The average Bonchev–Trinajstić information content (AvgIpc) is 2.91. The molecule has 3 rings (SSSR count). The number of hydrogen-bond donors (Lipinski definition) is 2. The maximum atomic E-state index is 13.2. The van der Waals surface area contributed by atoms with E-state index in [0.717, 1.165) is 19.4 Å². The summed E-state index contributed by atoms with van der Waals surface area (Å²) in [5.41, 5.74) is 0.328. The van der Waals surface area contributed by atoms with E-state index in [0.29, 0.717) is 11.4 Å². The molecule has 0 spiro atoms. The van der Waals surface area contributed by atoms with Gasteiger partial charge in [0.1, 0.15) is 17.6 Å². The second-order valence-corrected chi connectivity index (χ2v) is 4.96. The fourth-order valence-corrected chi connectivity index (χ4v) is 2.58. The van der Waals surface area contributed by atoms with Gasteiger partial charge in [-0.2, -0.15) is 4.99 Å². The van der Waals surface area contributed by atoms with E-state index in [1.165, 1.54) is 18.2 Å². The maximum Gasteiger partial charge on any atom is 0.264 e. The number of nitrogens with one attached hydrogen (secondary N) is 2. The minimum atomic E-state index is -1.06. The molecule has 104 valence electrons. The summed E-state index contributed by atoms with van der Waals surface area (Å²) in [7, 11) is 0. The summed E-state index contributed by atoms with van der Waals surface area (Å²) < 4.78 is 13.2. The molecule has 0 bridgehead atoms. The predicted molar refractivity (Wildman–Crippen MR) is 70.8 cm³/mol. The van der Waals surface area contributed by atoms with Gasteiger partial charge >= 0.3 is 0 Å². The molecule has 1 fully saturated rings. The van der Waals surface area contributed by atoms with Gasteiger partial charge in [0.2, 0.25) is 5.91 Å². The molecule has 1 aromatic carbocycles. The van der Waals surface area contributed by atoms with Gasteiger partial charge in [0.15, 0.2) is 0 Å². The molecular weight excluding hydrogens is 261 g/mol. The molecule has 2 amide bonds. The highest BCUT2D eigenvalue weighted by Crippen LogP contribution is 2.22. The third-order valence-corrected chi connectivity index (χ3v) is 3.56. The van der Waals surface area contributed by atoms with Crippen LogP contribution >= 0.6 is 0 Å². The lowest BCUT2D eigenvalue weighted by Gasteiger charge is -2.23. The van der Waals surface area contributed by atoms with Crippen LogP contribution in [0.5, 0.6) is 0 Å². The first kappa shape index (κ1) is 12.9. The summed E-state index contributed by atoms with van der Waals surface area (Å²) in [6.45, 7) is 0.848. The van der Waals surface area contributed by atoms with Crippen molar-refractivity contribution in [2.75, 3.05) is 6.54 Å². The van der Waals surface area contributed by atoms with E-state index in [-0.39, 0.29) is 6.04 Å². The highest BCUT2D eigenvalue weighted by molar-refractivity contribution is 6.20. The van der Waals surface area contributed by atoms with Crippen molar-refractivity contribution in [3.8, 4) is 0 Å². The van der Waals surface area contributed by atoms with E-state index in [9.17, 15) is 14.0 Å². The van der Waals surface area contributed by atoms with Crippen LogP contribution in [-0.4, -0.2) is 30.2 Å². The molecule has 2 atom stereocenters. The van der Waals surface area contributed by atoms with Gasteiger partial charge in [0.25, 0.3) is 5.91 Å². The maximum absolute atomic E-state index is 13.2. The fourth-order valence-electron chi connectivity index (χ4n) is 2.58. The summed E-state index contributed by atoms with van der Waals surface area (Å²) in [5, 5.41) is 5.84. The second-order valence-electron chi connectivity index (χ2n) is 4.96. The molecule has 2 N–H and O–H groups in total. The number of halogens is 1. The van der Waals surface area contributed by atoms with E-state index in [4.69, 9.17) is 0 Å². The number of aliphatic imine (C=N–C) groups is 1. The zero-order valence-electron chi connectivity index (χ0n) is 10.7. The summed E-state index contributed by atoms with van der Waals surface area (Å²) in [6.07, 6.45) is 1.83. The lowest BCUT2D eigenvalue weighted by atomic mass is 9.95. The minimum Gasteiger partial charge on any atom is -0.312 e. The Labute approximate surface area is 115 Å². The lowest BCUT2D eigenvalue weighted by Crippen LogP contribution is -2.50. The van der Waals surface area contributed by atoms with Crippen molar-refractivity contribution in [2.24, 2.45) is 4.99 Å². The molecule has 2 unspecified atom stereocenters. The smallest absolute Gasteiger partial charge is 0.264 e. The molecule has 20 heavy (non-hydrogen) atoms. The van der Waals surface area contributed by atoms with E-state index in [1.807, 2.05) is 0 Å². The first-order valence-electron chi connectivity index (χ1n) is 6.57. The zero-order valence-corrected chi connectivity index (χ0v) is 10.7. The fraction of sp³-hybridized carbons (Fsp3) is 0.357. The molecule has 1 aromatic rings. The van der Waals surface area contributed by atoms with Crippen molar-refractivity contribution in [3.05, 3.63) is 35.6 Å². The molecule has 1 saturated heterocycles. The summed E-state index contributed by atoms with van der Waals surface area (Å²) in [6, 6.07) is 5.42. The predicted octanol–water partition coefficient (Wildman–Crippen LogP) is 0.716. The molecule has 0 aliphatic carbocycles. The van der Waals surface area contributed by atoms with E-state index < -0.39 is 23.5 Å². The van der Waals surface area contributed by atoms with Crippen molar-refractivity contribution >= 4 is 17.6 Å². The first-order valence-corrected chi connectivity index (χ1v) is 6.57. The van der Waals surface area contributed by atoms with Gasteiger partial charge in [-0.3, -0.25) is 9.59 Å². The van der Waals surface area contributed by atoms with E-state index in [2.05, 4.69) is 15.6 Å². The molecule has 5 nitrogen and oxygen atoms in total. The van der Waals surface area contributed by atoms with Crippen molar-refractivity contribution < 1.29 is 14.0 Å². The van der Waals surface area contributed by atoms with Gasteiger partial charge in [-0.1, -0.05) is 12.1 Å². The summed E-state index contributed by atoms with van der Waals surface area (Å²) >= 11 is 0. The number of carbonyl (C=O) groups excluding carboxylic acids is 2. The standard InChI is InChI=1S/C14H14FN3O2/c15-9-4-1-3-8(7-9)11-13(19)17-12(18-14(11)20)10-5-2-6-16-10/h1,3-4,7,10-11,16H,2,5-6H2,(H,17,18,19,20). The lowest BCUT2D eigenvalue weighted by molar-refractivity contribution is -0.129. The van der Waals surface area contributed by atoms with E-state index in [1.54, 1.807) is 6.07 Å². The molecular formula is C14H14FN3O2. The van der Waals surface area contributed by atoms with Crippen molar-refractivity contribution in [1.29, 1.82) is 0 Å². The topological polar surface area (TPSA) is 70.6 Å². The number of benzene rings is 1. The van der Waals surface area contributed by atoms with Crippen LogP contribution in [0.4, 0.5) is 4.39 Å². The van der Waals surface area contributed by atoms with Crippen LogP contribution in [0, 0.1) is 5.82 Å². The third kappa shape index (κ3) is 2.34. The van der Waals surface area contributed by atoms with Gasteiger partial charge in [0, 0.05) is 0 Å². The molecule has 0 radical (unpaired) electrons. The Hall–Kier alpha value is -2.08. The Morgan fingerprint density at radius 2 is 2.15 bits per heavy atom. The second kappa shape index (κ2) is 5.13. The van der Waals surface area contributed by atoms with Crippen LogP contribution in [0.1, 0.15) is 24.3 Å². The molecule has 2 aliphatic heterocycles. The highest BCUT2D eigenvalue weighted by Gasteiger charge is 2.36. The Kier molecular flexibility index (Phi) is 3.31. The monoisotopic (exact) mass is 275 g/mol. The average molecular weight is 275 g/mol. The molecule has 2 aliphatic rings. The van der Waals surface area contributed by atoms with Gasteiger partial charge in [0.05, 0.1) is 6.04 Å². The number of nitrogens with zero attached hydrogens (tertiary/aromatic N) is 1. The van der Waals surface area contributed by atoms with Crippen molar-refractivity contribution in [1.82, 2.24) is 10.6 Å². The van der Waals surface area contributed by atoms with Gasteiger partial charge in [-0.15, -0.1) is 0 Å². The van der Waals surface area contributed by atoms with Crippen LogP contribution in [0.15, 0.2) is 29.3 Å². The van der Waals surface area contributed by atoms with Crippen LogP contribution in [0.25, 0.3) is 0 Å². The van der Waals surface area contributed by atoms with Gasteiger partial charge in [-0.05, 0) is 37.1 Å². The van der Waals surface area contributed by atoms with Crippen LogP contribution in [0.3, 0.4) is 0 Å². The van der Waals surface area contributed by atoms with Crippen LogP contribution in [-0.2, 0) is 9.59 Å². The Balaban J connectivity index is 1.88. The molecule has 0 saturated carbocycles. The van der Waals surface area contributed by atoms with Crippen molar-refractivity contribution in [3.63, 3.8) is 0 Å². The summed E-state index contributed by atoms with van der Waals surface area (Å²) in [5.74, 6) is -2.14. The normalized spacial score (nSPS) is 26.4. The first-order chi connectivity index (χ1) is 9.65. The molecule has 6 heteroatoms. The van der Waals surface area contributed by atoms with Gasteiger partial charge in [-0.25, -0.2) is 4.39 Å².